The topological polar surface area (TPSA) is 78.3 Å². The number of amides is 1. The molecule has 158 valence electrons. The average Bonchev–Trinajstić information content (AvgIpc) is 3.29. The maximum absolute atomic E-state index is 12.5. The molecule has 1 N–H and O–H groups in total. The van der Waals surface area contributed by atoms with Gasteiger partial charge in [-0.25, -0.2) is 4.98 Å². The SMILES string of the molecule is COc1ccc(C2SCC(=O)Nc3c2c(C)nn3-c2nc3ccc(OC)cc3s2)cc1. The van der Waals surface area contributed by atoms with Gasteiger partial charge in [-0.2, -0.15) is 9.78 Å². The van der Waals surface area contributed by atoms with E-state index in [0.29, 0.717) is 16.7 Å². The van der Waals surface area contributed by atoms with Gasteiger partial charge >= 0.3 is 0 Å². The Balaban J connectivity index is 1.64. The highest BCUT2D eigenvalue weighted by Crippen LogP contribution is 2.44. The van der Waals surface area contributed by atoms with Crippen LogP contribution in [0.4, 0.5) is 5.82 Å². The van der Waals surface area contributed by atoms with Gasteiger partial charge in [0.2, 0.25) is 11.0 Å². The standard InChI is InChI=1S/C22H20N4O3S2/c1-12-19-20(13-4-6-14(28-2)7-5-13)30-11-18(27)24-21(19)26(25-12)22-23-16-9-8-15(29-3)10-17(16)31-22/h4-10,20H,11H2,1-3H3,(H,24,27). The van der Waals surface area contributed by atoms with E-state index in [9.17, 15) is 4.79 Å². The third-order valence-corrected chi connectivity index (χ3v) is 7.46. The van der Waals surface area contributed by atoms with E-state index in [1.165, 1.54) is 11.3 Å². The van der Waals surface area contributed by atoms with Crippen molar-refractivity contribution in [2.75, 3.05) is 25.3 Å². The molecule has 1 atom stereocenters. The van der Waals surface area contributed by atoms with Gasteiger partial charge in [-0.3, -0.25) is 4.79 Å². The fourth-order valence-electron chi connectivity index (χ4n) is 3.67. The second-order valence-corrected chi connectivity index (χ2v) is 9.20. The summed E-state index contributed by atoms with van der Waals surface area (Å²) < 4.78 is 13.4. The zero-order valence-corrected chi connectivity index (χ0v) is 18.8. The van der Waals surface area contributed by atoms with Crippen molar-refractivity contribution in [2.24, 2.45) is 0 Å². The summed E-state index contributed by atoms with van der Waals surface area (Å²) in [6.07, 6.45) is 0. The third-order valence-electron chi connectivity index (χ3n) is 5.19. The first kappa shape index (κ1) is 19.9. The van der Waals surface area contributed by atoms with E-state index < -0.39 is 0 Å². The van der Waals surface area contributed by atoms with Crippen molar-refractivity contribution in [1.29, 1.82) is 0 Å². The van der Waals surface area contributed by atoms with E-state index in [1.807, 2.05) is 49.4 Å². The second kappa shape index (κ2) is 7.90. The summed E-state index contributed by atoms with van der Waals surface area (Å²) in [7, 11) is 3.30. The Morgan fingerprint density at radius 2 is 1.84 bits per heavy atom. The molecule has 0 spiro atoms. The number of benzene rings is 2. The van der Waals surface area contributed by atoms with Crippen LogP contribution in [0.5, 0.6) is 11.5 Å². The summed E-state index contributed by atoms with van der Waals surface area (Å²) in [5.41, 5.74) is 3.82. The summed E-state index contributed by atoms with van der Waals surface area (Å²) >= 11 is 3.11. The Hall–Kier alpha value is -3.04. The number of ether oxygens (including phenoxy) is 2. The van der Waals surface area contributed by atoms with Crippen molar-refractivity contribution < 1.29 is 14.3 Å². The molecule has 1 aliphatic heterocycles. The number of hydrogen-bond acceptors (Lipinski definition) is 7. The summed E-state index contributed by atoms with van der Waals surface area (Å²) in [6, 6.07) is 13.7. The van der Waals surface area contributed by atoms with Crippen LogP contribution in [-0.2, 0) is 4.79 Å². The number of anilines is 1. The molecule has 0 aliphatic carbocycles. The van der Waals surface area contributed by atoms with Crippen LogP contribution in [0.25, 0.3) is 15.3 Å². The third kappa shape index (κ3) is 3.53. The van der Waals surface area contributed by atoms with Crippen LogP contribution in [0.2, 0.25) is 0 Å². The molecule has 1 unspecified atom stereocenters. The summed E-state index contributed by atoms with van der Waals surface area (Å²) in [5.74, 6) is 2.57. The molecule has 0 radical (unpaired) electrons. The molecule has 0 fully saturated rings. The summed E-state index contributed by atoms with van der Waals surface area (Å²) in [6.45, 7) is 1.97. The quantitative estimate of drug-likeness (QED) is 0.488. The normalized spacial score (nSPS) is 16.0. The summed E-state index contributed by atoms with van der Waals surface area (Å²) in [5, 5.41) is 8.50. The largest absolute Gasteiger partial charge is 0.497 e. The van der Waals surface area contributed by atoms with Crippen molar-refractivity contribution in [3.8, 4) is 16.6 Å². The molecule has 2 aromatic heterocycles. The molecule has 7 nitrogen and oxygen atoms in total. The lowest BCUT2D eigenvalue weighted by molar-refractivity contribution is -0.113. The van der Waals surface area contributed by atoms with Gasteiger partial charge < -0.3 is 14.8 Å². The second-order valence-electron chi connectivity index (χ2n) is 7.10. The van der Waals surface area contributed by atoms with Crippen LogP contribution < -0.4 is 14.8 Å². The minimum Gasteiger partial charge on any atom is -0.497 e. The van der Waals surface area contributed by atoms with E-state index in [2.05, 4.69) is 5.32 Å². The van der Waals surface area contributed by atoms with Crippen LogP contribution in [-0.4, -0.2) is 40.6 Å². The van der Waals surface area contributed by atoms with Gasteiger partial charge in [-0.1, -0.05) is 23.5 Å². The van der Waals surface area contributed by atoms with Crippen LogP contribution in [0.3, 0.4) is 0 Å². The van der Waals surface area contributed by atoms with E-state index in [-0.39, 0.29) is 11.2 Å². The number of carbonyl (C=O) groups excluding carboxylic acids is 1. The molecule has 1 aliphatic rings. The predicted molar refractivity (Wildman–Crippen MR) is 124 cm³/mol. The van der Waals surface area contributed by atoms with E-state index in [4.69, 9.17) is 19.6 Å². The zero-order chi connectivity index (χ0) is 21.5. The first-order valence-electron chi connectivity index (χ1n) is 9.67. The lowest BCUT2D eigenvalue weighted by Gasteiger charge is -2.15. The number of rotatable bonds is 4. The Morgan fingerprint density at radius 3 is 2.58 bits per heavy atom. The molecule has 0 saturated carbocycles. The molecular formula is C22H20N4O3S2. The highest BCUT2D eigenvalue weighted by Gasteiger charge is 2.31. The van der Waals surface area contributed by atoms with Crippen molar-refractivity contribution in [2.45, 2.75) is 12.2 Å². The van der Waals surface area contributed by atoms with Gasteiger partial charge in [-0.05, 0) is 42.8 Å². The number of nitrogens with zero attached hydrogens (tertiary/aromatic N) is 3. The van der Waals surface area contributed by atoms with Crippen LogP contribution >= 0.6 is 23.1 Å². The first-order valence-corrected chi connectivity index (χ1v) is 11.5. The molecule has 9 heteroatoms. The first-order chi connectivity index (χ1) is 15.1. The number of aromatic nitrogens is 3. The molecule has 1 amide bonds. The average molecular weight is 453 g/mol. The summed E-state index contributed by atoms with van der Waals surface area (Å²) in [4.78, 5) is 17.3. The monoisotopic (exact) mass is 452 g/mol. The number of thiazole rings is 1. The molecule has 2 aromatic carbocycles. The highest BCUT2D eigenvalue weighted by atomic mass is 32.2. The Bertz CT molecular complexity index is 1280. The number of methoxy groups -OCH3 is 2. The fraction of sp³-hybridized carbons (Fsp3) is 0.227. The van der Waals surface area contributed by atoms with Crippen molar-refractivity contribution in [3.63, 3.8) is 0 Å². The predicted octanol–water partition coefficient (Wildman–Crippen LogP) is 4.58. The van der Waals surface area contributed by atoms with Gasteiger partial charge in [0, 0.05) is 5.56 Å². The van der Waals surface area contributed by atoms with Gasteiger partial charge in [0.25, 0.3) is 0 Å². The minimum absolute atomic E-state index is 0.0249. The maximum Gasteiger partial charge on any atom is 0.235 e. The number of carbonyl (C=O) groups is 1. The van der Waals surface area contributed by atoms with Crippen molar-refractivity contribution >= 4 is 45.0 Å². The van der Waals surface area contributed by atoms with Crippen molar-refractivity contribution in [3.05, 3.63) is 59.3 Å². The van der Waals surface area contributed by atoms with Crippen LogP contribution in [0, 0.1) is 6.92 Å². The Kier molecular flexibility index (Phi) is 5.07. The van der Waals surface area contributed by atoms with Crippen molar-refractivity contribution in [1.82, 2.24) is 14.8 Å². The maximum atomic E-state index is 12.5. The molecule has 0 saturated heterocycles. The van der Waals surface area contributed by atoms with Crippen LogP contribution in [0.15, 0.2) is 42.5 Å². The highest BCUT2D eigenvalue weighted by molar-refractivity contribution is 8.00. The minimum atomic E-state index is -0.0498. The van der Waals surface area contributed by atoms with Gasteiger partial charge in [0.15, 0.2) is 0 Å². The van der Waals surface area contributed by atoms with Gasteiger partial charge in [-0.15, -0.1) is 11.8 Å². The molecule has 4 aromatic rings. The number of nitrogens with one attached hydrogen (secondary N) is 1. The molecule has 0 bridgehead atoms. The number of fused-ring (bicyclic) bond motifs is 2. The lowest BCUT2D eigenvalue weighted by Crippen LogP contribution is -2.15. The molecule has 31 heavy (non-hydrogen) atoms. The van der Waals surface area contributed by atoms with E-state index >= 15 is 0 Å². The van der Waals surface area contributed by atoms with Gasteiger partial charge in [0.1, 0.15) is 17.3 Å². The Labute approximate surface area is 187 Å². The lowest BCUT2D eigenvalue weighted by atomic mass is 10.0. The molecule has 3 heterocycles. The van der Waals surface area contributed by atoms with E-state index in [1.54, 1.807) is 30.7 Å². The molecular weight excluding hydrogens is 432 g/mol. The molecule has 5 rings (SSSR count). The Morgan fingerprint density at radius 1 is 1.10 bits per heavy atom. The fourth-order valence-corrected chi connectivity index (χ4v) is 5.82. The number of aryl methyl sites for hydroxylation is 1. The zero-order valence-electron chi connectivity index (χ0n) is 17.2. The van der Waals surface area contributed by atoms with E-state index in [0.717, 1.165) is 38.5 Å². The van der Waals surface area contributed by atoms with Gasteiger partial charge in [0.05, 0.1) is 41.1 Å². The number of thioether (sulfide) groups is 1. The van der Waals surface area contributed by atoms with Crippen LogP contribution in [0.1, 0.15) is 22.1 Å². The number of hydrogen-bond donors (Lipinski definition) is 1. The smallest absolute Gasteiger partial charge is 0.235 e.